The number of H-pyrrole nitrogens is 2. The molecule has 8 nitrogen and oxygen atoms in total. The number of aromatic amines is 2. The Morgan fingerprint density at radius 1 is 0.909 bits per heavy atom. The van der Waals surface area contributed by atoms with Crippen LogP contribution in [-0.2, 0) is 6.54 Å². The molecule has 7 rings (SSSR count). The van der Waals surface area contributed by atoms with E-state index in [4.69, 9.17) is 4.98 Å². The lowest BCUT2D eigenvalue weighted by Gasteiger charge is -2.11. The highest BCUT2D eigenvalue weighted by Gasteiger charge is 2.19. The highest BCUT2D eigenvalue weighted by atomic mass is 19.1. The molecule has 4 heterocycles. The molecule has 0 bridgehead atoms. The quantitative estimate of drug-likeness (QED) is 0.149. The number of pyridine rings is 2. The van der Waals surface area contributed by atoms with E-state index in [0.29, 0.717) is 73.8 Å². The Morgan fingerprint density at radius 3 is 2.61 bits per heavy atom. The third kappa shape index (κ3) is 5.07. The van der Waals surface area contributed by atoms with Crippen LogP contribution in [0.5, 0.6) is 0 Å². The fraction of sp³-hybridized carbons (Fsp3) is 0.0588. The molecule has 0 aliphatic carbocycles. The Balaban J connectivity index is 1.27. The number of nitrogens with one attached hydrogen (secondary N) is 4. The van der Waals surface area contributed by atoms with Crippen LogP contribution >= 0.6 is 0 Å². The Kier molecular flexibility index (Phi) is 6.88. The van der Waals surface area contributed by atoms with E-state index >= 15 is 4.39 Å². The molecule has 0 radical (unpaired) electrons. The predicted octanol–water partition coefficient (Wildman–Crippen LogP) is 7.31. The molecule has 0 atom stereocenters. The van der Waals surface area contributed by atoms with E-state index in [1.165, 1.54) is 18.2 Å². The summed E-state index contributed by atoms with van der Waals surface area (Å²) in [6.45, 7) is 4.63. The zero-order chi connectivity index (χ0) is 30.2. The zero-order valence-electron chi connectivity index (χ0n) is 23.6. The summed E-state index contributed by atoms with van der Waals surface area (Å²) in [6.07, 6.45) is 4.93. The number of nitrogens with zero attached hydrogens (tertiary/aromatic N) is 4. The largest absolute Gasteiger partial charge is 0.354 e. The lowest BCUT2D eigenvalue weighted by molar-refractivity contribution is 0.624. The molecule has 10 heteroatoms. The monoisotopic (exact) mass is 584 g/mol. The Hall–Kier alpha value is -5.74. The molecule has 7 aromatic rings. The summed E-state index contributed by atoms with van der Waals surface area (Å²) < 4.78 is 29.9. The fourth-order valence-electron chi connectivity index (χ4n) is 5.33. The maximum Gasteiger partial charge on any atom is 0.159 e. The van der Waals surface area contributed by atoms with Gasteiger partial charge in [-0.25, -0.2) is 13.8 Å². The van der Waals surface area contributed by atoms with E-state index in [9.17, 15) is 4.39 Å². The molecule has 0 spiro atoms. The molecular weight excluding hydrogens is 558 g/mol. The van der Waals surface area contributed by atoms with Crippen molar-refractivity contribution in [3.8, 4) is 33.9 Å². The van der Waals surface area contributed by atoms with Crippen molar-refractivity contribution in [3.63, 3.8) is 0 Å². The third-order valence-electron chi connectivity index (χ3n) is 7.35. The van der Waals surface area contributed by atoms with Gasteiger partial charge in [-0.15, -0.1) is 0 Å². The van der Waals surface area contributed by atoms with Crippen molar-refractivity contribution in [1.29, 1.82) is 0 Å². The lowest BCUT2D eigenvalue weighted by atomic mass is 10.0. The van der Waals surface area contributed by atoms with Crippen molar-refractivity contribution in [2.75, 3.05) is 12.4 Å². The molecule has 0 aliphatic rings. The first-order chi connectivity index (χ1) is 21.5. The van der Waals surface area contributed by atoms with Gasteiger partial charge in [-0.1, -0.05) is 36.9 Å². The first-order valence-corrected chi connectivity index (χ1v) is 13.9. The molecular formula is C34H26F2N8. The Bertz CT molecular complexity index is 2170. The molecule has 3 aromatic carbocycles. The van der Waals surface area contributed by atoms with Crippen molar-refractivity contribution >= 4 is 33.3 Å². The van der Waals surface area contributed by atoms with Gasteiger partial charge in [0, 0.05) is 52.8 Å². The van der Waals surface area contributed by atoms with E-state index in [1.54, 1.807) is 30.7 Å². The smallest absolute Gasteiger partial charge is 0.159 e. The van der Waals surface area contributed by atoms with Crippen molar-refractivity contribution in [2.24, 2.45) is 0 Å². The van der Waals surface area contributed by atoms with E-state index in [-0.39, 0.29) is 5.82 Å². The first kappa shape index (κ1) is 27.1. The van der Waals surface area contributed by atoms with Crippen LogP contribution < -0.4 is 10.6 Å². The normalized spacial score (nSPS) is 11.3. The standard InChI is InChI=1S/C34H26F2N8/c1-19(21-6-4-3-5-7-21)40-25-13-23(17-38-18-25)26-14-27-30(15-28(26)36)43-44-32(27)34-41-29-8-9-39-31(33(29)42-34)22-10-20(16-37-2)11-24(35)12-22/h3-15,17-18,37,40H,1,16H2,2H3,(H,41,42)(H,43,44). The van der Waals surface area contributed by atoms with Crippen LogP contribution in [0.4, 0.5) is 14.5 Å². The average molecular weight is 585 g/mol. The van der Waals surface area contributed by atoms with Crippen LogP contribution in [0, 0.1) is 11.6 Å². The maximum atomic E-state index is 15.4. The zero-order valence-corrected chi connectivity index (χ0v) is 23.6. The number of fused-ring (bicyclic) bond motifs is 2. The number of halogens is 2. The van der Waals surface area contributed by atoms with Crippen LogP contribution in [-0.4, -0.2) is 37.2 Å². The minimum absolute atomic E-state index is 0.353. The van der Waals surface area contributed by atoms with Gasteiger partial charge in [-0.05, 0) is 54.6 Å². The van der Waals surface area contributed by atoms with Crippen LogP contribution in [0.3, 0.4) is 0 Å². The van der Waals surface area contributed by atoms with Crippen LogP contribution in [0.1, 0.15) is 11.1 Å². The summed E-state index contributed by atoms with van der Waals surface area (Å²) in [6, 6.07) is 21.3. The molecule has 0 unspecified atom stereocenters. The fourth-order valence-corrected chi connectivity index (χ4v) is 5.33. The van der Waals surface area contributed by atoms with Gasteiger partial charge in [-0.3, -0.25) is 15.1 Å². The lowest BCUT2D eigenvalue weighted by Crippen LogP contribution is -2.05. The summed E-state index contributed by atoms with van der Waals surface area (Å²) in [5, 5.41) is 14.4. The minimum atomic E-state index is -0.423. The van der Waals surface area contributed by atoms with Gasteiger partial charge >= 0.3 is 0 Å². The highest BCUT2D eigenvalue weighted by Crippen LogP contribution is 2.34. The molecule has 0 aliphatic heterocycles. The number of aromatic nitrogens is 6. The second-order valence-corrected chi connectivity index (χ2v) is 10.4. The predicted molar refractivity (Wildman–Crippen MR) is 169 cm³/mol. The average Bonchev–Trinajstić information content (AvgIpc) is 3.65. The molecule has 44 heavy (non-hydrogen) atoms. The second-order valence-electron chi connectivity index (χ2n) is 10.4. The van der Waals surface area contributed by atoms with Gasteiger partial charge in [0.25, 0.3) is 0 Å². The van der Waals surface area contributed by atoms with E-state index in [1.807, 2.05) is 49.5 Å². The van der Waals surface area contributed by atoms with Crippen LogP contribution in [0.2, 0.25) is 0 Å². The van der Waals surface area contributed by atoms with E-state index < -0.39 is 5.82 Å². The number of hydrogen-bond acceptors (Lipinski definition) is 6. The summed E-state index contributed by atoms with van der Waals surface area (Å²) in [5.74, 6) is -0.306. The SMILES string of the molecule is C=C(Nc1cncc(-c2cc3c(-c4nc5c(-c6cc(F)cc(CNC)c6)nccc5[nH]4)n[nH]c3cc2F)c1)c1ccccc1. The summed E-state index contributed by atoms with van der Waals surface area (Å²) in [4.78, 5) is 17.0. The van der Waals surface area contributed by atoms with E-state index in [0.717, 1.165) is 11.1 Å². The van der Waals surface area contributed by atoms with Crippen molar-refractivity contribution < 1.29 is 8.78 Å². The van der Waals surface area contributed by atoms with Gasteiger partial charge in [0.15, 0.2) is 5.82 Å². The topological polar surface area (TPSA) is 107 Å². The van der Waals surface area contributed by atoms with Crippen molar-refractivity contribution in [1.82, 2.24) is 35.5 Å². The second kappa shape index (κ2) is 11.2. The number of hydrogen-bond donors (Lipinski definition) is 4. The molecule has 0 fully saturated rings. The molecule has 4 aromatic heterocycles. The van der Waals surface area contributed by atoms with Gasteiger partial charge in [0.1, 0.15) is 22.8 Å². The minimum Gasteiger partial charge on any atom is -0.354 e. The number of imidazole rings is 1. The number of benzene rings is 3. The van der Waals surface area contributed by atoms with Gasteiger partial charge in [0.05, 0.1) is 28.6 Å². The number of rotatable bonds is 8. The van der Waals surface area contributed by atoms with Crippen LogP contribution in [0.25, 0.3) is 61.5 Å². The molecule has 0 saturated heterocycles. The highest BCUT2D eigenvalue weighted by molar-refractivity contribution is 5.98. The molecule has 0 amide bonds. The molecule has 4 N–H and O–H groups in total. The van der Waals surface area contributed by atoms with Crippen LogP contribution in [0.15, 0.2) is 98.0 Å². The summed E-state index contributed by atoms with van der Waals surface area (Å²) in [5.41, 5.74) is 7.53. The van der Waals surface area contributed by atoms with Gasteiger partial charge in [0.2, 0.25) is 0 Å². The van der Waals surface area contributed by atoms with Gasteiger partial charge < -0.3 is 15.6 Å². The summed E-state index contributed by atoms with van der Waals surface area (Å²) in [7, 11) is 1.81. The third-order valence-corrected chi connectivity index (χ3v) is 7.35. The van der Waals surface area contributed by atoms with Crippen molar-refractivity contribution in [3.05, 3.63) is 121 Å². The first-order valence-electron chi connectivity index (χ1n) is 13.9. The van der Waals surface area contributed by atoms with E-state index in [2.05, 4.69) is 42.4 Å². The molecule has 216 valence electrons. The Morgan fingerprint density at radius 2 is 1.77 bits per heavy atom. The maximum absolute atomic E-state index is 15.4. The summed E-state index contributed by atoms with van der Waals surface area (Å²) >= 11 is 0. The Labute approximate surface area is 250 Å². The van der Waals surface area contributed by atoms with Crippen molar-refractivity contribution in [2.45, 2.75) is 6.54 Å². The molecule has 0 saturated carbocycles. The number of anilines is 1. The van der Waals surface area contributed by atoms with Gasteiger partial charge in [-0.2, -0.15) is 5.10 Å².